The largest absolute Gasteiger partial charge is 0.514 e. The molecule has 0 fully saturated rings. The van der Waals surface area contributed by atoms with Crippen molar-refractivity contribution in [1.29, 1.82) is 0 Å². The first kappa shape index (κ1) is 24.1. The predicted molar refractivity (Wildman–Crippen MR) is 128 cm³/mol. The SMILES string of the molecule is COc1ccc(OC(=O)OC/C=C/[C@H](C)[C@@H](OCc2ccccc2)c2ccc(C)cc2)cc1. The Labute approximate surface area is 195 Å². The van der Waals surface area contributed by atoms with E-state index in [0.29, 0.717) is 18.1 Å². The molecule has 0 aliphatic carbocycles. The molecule has 172 valence electrons. The molecule has 5 nitrogen and oxygen atoms in total. The molecule has 5 heteroatoms. The normalized spacial score (nSPS) is 12.8. The van der Waals surface area contributed by atoms with Crippen molar-refractivity contribution in [2.75, 3.05) is 13.7 Å². The number of hydrogen-bond acceptors (Lipinski definition) is 5. The molecular formula is C28H30O5. The predicted octanol–water partition coefficient (Wildman–Crippen LogP) is 6.67. The van der Waals surface area contributed by atoms with Gasteiger partial charge >= 0.3 is 6.16 Å². The molecular weight excluding hydrogens is 416 g/mol. The second-order valence-electron chi connectivity index (χ2n) is 7.75. The molecule has 2 atom stereocenters. The molecule has 3 rings (SSSR count). The maximum Gasteiger partial charge on any atom is 0.514 e. The van der Waals surface area contributed by atoms with Gasteiger partial charge in [-0.1, -0.05) is 79.2 Å². The number of rotatable bonds is 10. The smallest absolute Gasteiger partial charge is 0.497 e. The van der Waals surface area contributed by atoms with E-state index in [1.807, 2.05) is 30.4 Å². The molecule has 3 aromatic rings. The van der Waals surface area contributed by atoms with Crippen LogP contribution in [0.3, 0.4) is 0 Å². The van der Waals surface area contributed by atoms with E-state index in [1.54, 1.807) is 31.4 Å². The molecule has 0 aliphatic heterocycles. The Balaban J connectivity index is 1.55. The van der Waals surface area contributed by atoms with Crippen LogP contribution in [0.4, 0.5) is 4.79 Å². The second-order valence-corrected chi connectivity index (χ2v) is 7.75. The summed E-state index contributed by atoms with van der Waals surface area (Å²) in [5, 5.41) is 0. The standard InChI is InChI=1S/C28H30O5/c1-21-11-13-24(14-12-21)27(32-20-23-9-5-4-6-10-23)22(2)8-7-19-31-28(29)33-26-17-15-25(30-3)16-18-26/h4-18,22,27H,19-20H2,1-3H3/b8-7+/t22-,27+/m0/s1. The fourth-order valence-electron chi connectivity index (χ4n) is 3.32. The first-order valence-electron chi connectivity index (χ1n) is 10.9. The Morgan fingerprint density at radius 2 is 1.58 bits per heavy atom. The van der Waals surface area contributed by atoms with Crippen LogP contribution in [0.1, 0.15) is 29.7 Å². The highest BCUT2D eigenvalue weighted by Crippen LogP contribution is 2.28. The summed E-state index contributed by atoms with van der Waals surface area (Å²) in [6.07, 6.45) is 2.92. The fraction of sp³-hybridized carbons (Fsp3) is 0.250. The molecule has 0 amide bonds. The van der Waals surface area contributed by atoms with Crippen molar-refractivity contribution < 1.29 is 23.7 Å². The lowest BCUT2D eigenvalue weighted by molar-refractivity contribution is 0.0163. The van der Waals surface area contributed by atoms with Crippen molar-refractivity contribution in [3.05, 3.63) is 108 Å². The highest BCUT2D eigenvalue weighted by Gasteiger charge is 2.18. The van der Waals surface area contributed by atoms with E-state index in [-0.39, 0.29) is 18.6 Å². The van der Waals surface area contributed by atoms with Gasteiger partial charge in [0.1, 0.15) is 18.1 Å². The van der Waals surface area contributed by atoms with Gasteiger partial charge in [0.25, 0.3) is 0 Å². The Morgan fingerprint density at radius 3 is 2.24 bits per heavy atom. The monoisotopic (exact) mass is 446 g/mol. The maximum absolute atomic E-state index is 11.9. The van der Waals surface area contributed by atoms with E-state index < -0.39 is 6.16 Å². The van der Waals surface area contributed by atoms with Gasteiger partial charge in [-0.05, 0) is 42.3 Å². The molecule has 0 N–H and O–H groups in total. The summed E-state index contributed by atoms with van der Waals surface area (Å²) in [4.78, 5) is 11.9. The average Bonchev–Trinajstić information content (AvgIpc) is 2.84. The molecule has 0 aromatic heterocycles. The Hall–Kier alpha value is -3.57. The Morgan fingerprint density at radius 1 is 0.909 bits per heavy atom. The summed E-state index contributed by atoms with van der Waals surface area (Å²) >= 11 is 0. The molecule has 33 heavy (non-hydrogen) atoms. The minimum atomic E-state index is -0.757. The zero-order valence-corrected chi connectivity index (χ0v) is 19.3. The van der Waals surface area contributed by atoms with Crippen molar-refractivity contribution in [3.8, 4) is 11.5 Å². The van der Waals surface area contributed by atoms with Gasteiger partial charge in [0.2, 0.25) is 0 Å². The van der Waals surface area contributed by atoms with Gasteiger partial charge in [-0.25, -0.2) is 4.79 Å². The Bertz CT molecular complexity index is 1010. The van der Waals surface area contributed by atoms with Gasteiger partial charge in [-0.15, -0.1) is 0 Å². The van der Waals surface area contributed by atoms with Gasteiger partial charge in [0.05, 0.1) is 19.8 Å². The fourth-order valence-corrected chi connectivity index (χ4v) is 3.32. The molecule has 0 saturated heterocycles. The van der Waals surface area contributed by atoms with Crippen LogP contribution < -0.4 is 9.47 Å². The van der Waals surface area contributed by atoms with Crippen LogP contribution >= 0.6 is 0 Å². The molecule has 0 aliphatic rings. The number of aryl methyl sites for hydroxylation is 1. The van der Waals surface area contributed by atoms with E-state index in [2.05, 4.69) is 50.2 Å². The van der Waals surface area contributed by atoms with Crippen LogP contribution in [-0.2, 0) is 16.1 Å². The Kier molecular flexibility index (Phi) is 9.09. The van der Waals surface area contributed by atoms with Crippen LogP contribution in [0.25, 0.3) is 0 Å². The topological polar surface area (TPSA) is 54.0 Å². The van der Waals surface area contributed by atoms with Gasteiger partial charge < -0.3 is 18.9 Å². The zero-order valence-electron chi connectivity index (χ0n) is 19.3. The highest BCUT2D eigenvalue weighted by atomic mass is 16.7. The molecule has 0 saturated carbocycles. The van der Waals surface area contributed by atoms with E-state index in [4.69, 9.17) is 18.9 Å². The lowest BCUT2D eigenvalue weighted by Crippen LogP contribution is -2.13. The van der Waals surface area contributed by atoms with E-state index in [1.165, 1.54) is 5.56 Å². The molecule has 0 bridgehead atoms. The van der Waals surface area contributed by atoms with Crippen LogP contribution in [0.15, 0.2) is 91.0 Å². The number of methoxy groups -OCH3 is 1. The zero-order chi connectivity index (χ0) is 23.5. The van der Waals surface area contributed by atoms with Crippen LogP contribution in [0.2, 0.25) is 0 Å². The summed E-state index contributed by atoms with van der Waals surface area (Å²) in [5.41, 5.74) is 3.43. The summed E-state index contributed by atoms with van der Waals surface area (Å²) in [7, 11) is 1.58. The van der Waals surface area contributed by atoms with E-state index in [9.17, 15) is 4.79 Å². The number of benzene rings is 3. The van der Waals surface area contributed by atoms with Crippen LogP contribution in [-0.4, -0.2) is 19.9 Å². The molecule has 0 unspecified atom stereocenters. The number of carbonyl (C=O) groups is 1. The average molecular weight is 447 g/mol. The third kappa shape index (κ3) is 7.81. The summed E-state index contributed by atoms with van der Waals surface area (Å²) < 4.78 is 21.7. The van der Waals surface area contributed by atoms with Gasteiger partial charge in [0.15, 0.2) is 0 Å². The number of hydrogen-bond donors (Lipinski definition) is 0. The van der Waals surface area contributed by atoms with E-state index in [0.717, 1.165) is 11.1 Å². The van der Waals surface area contributed by atoms with Crippen molar-refractivity contribution in [3.63, 3.8) is 0 Å². The van der Waals surface area contributed by atoms with Crippen molar-refractivity contribution in [2.24, 2.45) is 5.92 Å². The highest BCUT2D eigenvalue weighted by molar-refractivity contribution is 5.64. The van der Waals surface area contributed by atoms with Gasteiger partial charge in [-0.2, -0.15) is 0 Å². The number of carbonyl (C=O) groups excluding carboxylic acids is 1. The summed E-state index contributed by atoms with van der Waals surface area (Å²) in [6, 6.07) is 25.2. The minimum absolute atomic E-state index is 0.0672. The molecule has 0 heterocycles. The van der Waals surface area contributed by atoms with Gasteiger partial charge in [0, 0.05) is 5.92 Å². The van der Waals surface area contributed by atoms with E-state index >= 15 is 0 Å². The maximum atomic E-state index is 11.9. The molecule has 3 aromatic carbocycles. The van der Waals surface area contributed by atoms with Crippen LogP contribution in [0.5, 0.6) is 11.5 Å². The van der Waals surface area contributed by atoms with Gasteiger partial charge in [-0.3, -0.25) is 0 Å². The second kappa shape index (κ2) is 12.5. The van der Waals surface area contributed by atoms with Crippen molar-refractivity contribution >= 4 is 6.16 Å². The molecule has 0 spiro atoms. The minimum Gasteiger partial charge on any atom is -0.497 e. The molecule has 0 radical (unpaired) electrons. The first-order valence-corrected chi connectivity index (χ1v) is 10.9. The lowest BCUT2D eigenvalue weighted by atomic mass is 9.96. The quantitative estimate of drug-likeness (QED) is 0.198. The first-order chi connectivity index (χ1) is 16.0. The summed E-state index contributed by atoms with van der Waals surface area (Å²) in [6.45, 7) is 4.78. The third-order valence-electron chi connectivity index (χ3n) is 5.15. The van der Waals surface area contributed by atoms with Crippen molar-refractivity contribution in [2.45, 2.75) is 26.6 Å². The van der Waals surface area contributed by atoms with Crippen LogP contribution in [0, 0.1) is 12.8 Å². The number of ether oxygens (including phenoxy) is 4. The third-order valence-corrected chi connectivity index (χ3v) is 5.15. The summed E-state index contributed by atoms with van der Waals surface area (Å²) in [5.74, 6) is 1.15. The van der Waals surface area contributed by atoms with Crippen molar-refractivity contribution in [1.82, 2.24) is 0 Å². The lowest BCUT2D eigenvalue weighted by Gasteiger charge is -2.23.